The lowest BCUT2D eigenvalue weighted by Crippen LogP contribution is -2.65. The highest BCUT2D eigenvalue weighted by molar-refractivity contribution is 5.75. The number of nitrogens with zero attached hydrogens (tertiary/aromatic N) is 8. The van der Waals surface area contributed by atoms with Crippen molar-refractivity contribution in [3.05, 3.63) is 53.7 Å². The van der Waals surface area contributed by atoms with E-state index in [0.717, 1.165) is 83.8 Å². The standard InChI is InChI=1S/C27H34FN9.CH4O/c1-19-15-35(25-4-3-22(12-29)37-27(25)24(28)14-32-37)18-23-17-33(10-11-36(19)23)8-6-20-2-5-26(31-13-20)34-9-7-21(30)16-34;1-2/h2-5,13-14,19,21,23H,6-11,15-18,30H2,1H3;2H,1H3. The fourth-order valence-corrected chi connectivity index (χ4v) is 6.25. The first-order valence-corrected chi connectivity index (χ1v) is 13.7. The monoisotopic (exact) mass is 535 g/mol. The Labute approximate surface area is 229 Å². The van der Waals surface area contributed by atoms with Gasteiger partial charge in [0.05, 0.1) is 11.9 Å². The smallest absolute Gasteiger partial charge is 0.171 e. The Kier molecular flexibility index (Phi) is 8.28. The van der Waals surface area contributed by atoms with E-state index in [1.165, 1.54) is 16.3 Å². The van der Waals surface area contributed by atoms with E-state index in [9.17, 15) is 9.65 Å². The Morgan fingerprint density at radius 1 is 1.05 bits per heavy atom. The molecule has 0 amide bonds. The Hall–Kier alpha value is -3.30. The third kappa shape index (κ3) is 5.56. The van der Waals surface area contributed by atoms with Crippen LogP contribution in [-0.2, 0) is 6.42 Å². The molecule has 10 nitrogen and oxygen atoms in total. The zero-order valence-electron chi connectivity index (χ0n) is 22.7. The summed E-state index contributed by atoms with van der Waals surface area (Å²) >= 11 is 0. The summed E-state index contributed by atoms with van der Waals surface area (Å²) in [6.07, 6.45) is 5.20. The first-order chi connectivity index (χ1) is 19.0. The SMILES string of the molecule is CC1CN(c2ccc(C#N)n3ncc(F)c23)CC2CN(CCc3ccc(N4CCC(N)C4)nc3)CCN12.CO. The maximum absolute atomic E-state index is 14.7. The van der Waals surface area contributed by atoms with Gasteiger partial charge in [-0.2, -0.15) is 10.4 Å². The highest BCUT2D eigenvalue weighted by Crippen LogP contribution is 2.30. The molecule has 3 N–H and O–H groups in total. The molecule has 6 rings (SSSR count). The Morgan fingerprint density at radius 2 is 1.90 bits per heavy atom. The van der Waals surface area contributed by atoms with E-state index in [-0.39, 0.29) is 11.9 Å². The van der Waals surface area contributed by atoms with E-state index in [1.807, 2.05) is 12.3 Å². The van der Waals surface area contributed by atoms with Gasteiger partial charge in [-0.1, -0.05) is 6.07 Å². The van der Waals surface area contributed by atoms with Crippen molar-refractivity contribution < 1.29 is 9.50 Å². The highest BCUT2D eigenvalue weighted by Gasteiger charge is 2.37. The van der Waals surface area contributed by atoms with Gasteiger partial charge in [-0.3, -0.25) is 4.90 Å². The zero-order chi connectivity index (χ0) is 27.5. The van der Waals surface area contributed by atoms with Gasteiger partial charge in [0, 0.05) is 83.8 Å². The Morgan fingerprint density at radius 3 is 2.62 bits per heavy atom. The number of aromatic nitrogens is 3. The van der Waals surface area contributed by atoms with Crippen molar-refractivity contribution >= 4 is 17.0 Å². The topological polar surface area (TPSA) is 113 Å². The largest absolute Gasteiger partial charge is 0.400 e. The van der Waals surface area contributed by atoms with Gasteiger partial charge in [-0.15, -0.1) is 0 Å². The third-order valence-electron chi connectivity index (χ3n) is 8.22. The lowest BCUT2D eigenvalue weighted by Gasteiger charge is -2.51. The van der Waals surface area contributed by atoms with Crippen LogP contribution in [0, 0.1) is 17.1 Å². The summed E-state index contributed by atoms with van der Waals surface area (Å²) in [6, 6.07) is 11.0. The summed E-state index contributed by atoms with van der Waals surface area (Å²) in [7, 11) is 1.00. The van der Waals surface area contributed by atoms with Crippen LogP contribution in [-0.4, -0.2) is 107 Å². The first kappa shape index (κ1) is 27.3. The number of anilines is 2. The molecule has 208 valence electrons. The molecular formula is C28H38FN9O. The lowest BCUT2D eigenvalue weighted by atomic mass is 10.0. The quantitative estimate of drug-likeness (QED) is 0.499. The molecule has 6 heterocycles. The van der Waals surface area contributed by atoms with Crippen LogP contribution in [0.4, 0.5) is 15.9 Å². The Balaban J connectivity index is 0.00000151. The van der Waals surface area contributed by atoms with Crippen molar-refractivity contribution in [2.24, 2.45) is 5.73 Å². The number of nitrogens with two attached hydrogens (primary N) is 1. The number of piperazine rings is 2. The van der Waals surface area contributed by atoms with Crippen molar-refractivity contribution in [1.29, 1.82) is 5.26 Å². The number of hydrogen-bond donors (Lipinski definition) is 2. The molecule has 3 aromatic rings. The second-order valence-electron chi connectivity index (χ2n) is 10.7. The normalized spacial score (nSPS) is 23.8. The number of nitriles is 1. The van der Waals surface area contributed by atoms with Gasteiger partial charge in [-0.05, 0) is 43.5 Å². The van der Waals surface area contributed by atoms with Crippen LogP contribution in [0.25, 0.3) is 5.52 Å². The molecule has 3 fully saturated rings. The van der Waals surface area contributed by atoms with Crippen LogP contribution in [0.3, 0.4) is 0 Å². The van der Waals surface area contributed by atoms with Crippen LogP contribution in [0.2, 0.25) is 0 Å². The molecule has 3 aliphatic heterocycles. The molecule has 11 heteroatoms. The minimum absolute atomic E-state index is 0.251. The number of aliphatic hydroxyl groups is 1. The number of rotatable bonds is 5. The lowest BCUT2D eigenvalue weighted by molar-refractivity contribution is 0.0356. The van der Waals surface area contributed by atoms with Crippen LogP contribution in [0.15, 0.2) is 36.7 Å². The molecule has 3 atom stereocenters. The number of aliphatic hydroxyl groups excluding tert-OH is 1. The van der Waals surface area contributed by atoms with Crippen molar-refractivity contribution in [2.45, 2.75) is 37.9 Å². The number of pyridine rings is 2. The molecule has 0 saturated carbocycles. The van der Waals surface area contributed by atoms with Crippen LogP contribution in [0.1, 0.15) is 24.6 Å². The molecular weight excluding hydrogens is 497 g/mol. The molecule has 3 aromatic heterocycles. The second-order valence-corrected chi connectivity index (χ2v) is 10.7. The summed E-state index contributed by atoms with van der Waals surface area (Å²) in [6.45, 7) is 9.82. The number of hydrogen-bond acceptors (Lipinski definition) is 9. The van der Waals surface area contributed by atoms with Gasteiger partial charge >= 0.3 is 0 Å². The van der Waals surface area contributed by atoms with E-state index in [4.69, 9.17) is 15.8 Å². The van der Waals surface area contributed by atoms with Crippen molar-refractivity contribution in [3.63, 3.8) is 0 Å². The van der Waals surface area contributed by atoms with Gasteiger partial charge < -0.3 is 25.5 Å². The van der Waals surface area contributed by atoms with E-state index in [1.54, 1.807) is 6.07 Å². The summed E-state index contributed by atoms with van der Waals surface area (Å²) in [4.78, 5) is 14.4. The minimum Gasteiger partial charge on any atom is -0.400 e. The van der Waals surface area contributed by atoms with Crippen LogP contribution < -0.4 is 15.5 Å². The number of fused-ring (bicyclic) bond motifs is 2. The molecule has 0 radical (unpaired) electrons. The van der Waals surface area contributed by atoms with E-state index < -0.39 is 0 Å². The first-order valence-electron chi connectivity index (χ1n) is 13.7. The van der Waals surface area contributed by atoms with Gasteiger partial charge in [0.15, 0.2) is 5.82 Å². The zero-order valence-corrected chi connectivity index (χ0v) is 22.7. The molecule has 0 spiro atoms. The van der Waals surface area contributed by atoms with Gasteiger partial charge in [0.25, 0.3) is 0 Å². The predicted octanol–water partition coefficient (Wildman–Crippen LogP) is 1.32. The molecule has 0 aromatic carbocycles. The predicted molar refractivity (Wildman–Crippen MR) is 149 cm³/mol. The fraction of sp³-hybridized carbons (Fsp3) is 0.536. The number of halogens is 1. The van der Waals surface area contributed by atoms with E-state index in [0.29, 0.717) is 23.3 Å². The van der Waals surface area contributed by atoms with Crippen molar-refractivity contribution in [3.8, 4) is 6.07 Å². The van der Waals surface area contributed by atoms with Gasteiger partial charge in [-0.25, -0.2) is 13.9 Å². The van der Waals surface area contributed by atoms with Crippen molar-refractivity contribution in [2.75, 3.05) is 69.3 Å². The summed E-state index contributed by atoms with van der Waals surface area (Å²) in [5.41, 5.74) is 8.83. The summed E-state index contributed by atoms with van der Waals surface area (Å²) in [5.74, 6) is 0.632. The van der Waals surface area contributed by atoms with E-state index >= 15 is 0 Å². The maximum Gasteiger partial charge on any atom is 0.171 e. The average Bonchev–Trinajstić information content (AvgIpc) is 3.58. The van der Waals surface area contributed by atoms with Gasteiger partial charge in [0.2, 0.25) is 0 Å². The molecule has 3 aliphatic rings. The fourth-order valence-electron chi connectivity index (χ4n) is 6.25. The Bertz CT molecular complexity index is 1310. The maximum atomic E-state index is 14.7. The summed E-state index contributed by atoms with van der Waals surface area (Å²) in [5, 5.41) is 20.5. The highest BCUT2D eigenvalue weighted by atomic mass is 19.1. The van der Waals surface area contributed by atoms with Crippen molar-refractivity contribution in [1.82, 2.24) is 24.4 Å². The third-order valence-corrected chi connectivity index (χ3v) is 8.22. The van der Waals surface area contributed by atoms with Crippen LogP contribution >= 0.6 is 0 Å². The van der Waals surface area contributed by atoms with Gasteiger partial charge in [0.1, 0.15) is 23.1 Å². The second kappa shape index (κ2) is 11.8. The minimum atomic E-state index is -0.389. The average molecular weight is 536 g/mol. The molecule has 0 bridgehead atoms. The van der Waals surface area contributed by atoms with E-state index in [2.05, 4.69) is 49.8 Å². The summed E-state index contributed by atoms with van der Waals surface area (Å²) < 4.78 is 16.1. The molecule has 3 saturated heterocycles. The molecule has 0 aliphatic carbocycles. The van der Waals surface area contributed by atoms with Crippen LogP contribution in [0.5, 0.6) is 0 Å². The molecule has 3 unspecified atom stereocenters. The molecule has 39 heavy (non-hydrogen) atoms.